The van der Waals surface area contributed by atoms with Gasteiger partial charge in [-0.25, -0.2) is 4.98 Å². The maximum Gasteiger partial charge on any atom is 0.320 e. The normalized spacial score (nSPS) is 12.5. The zero-order valence-electron chi connectivity index (χ0n) is 18.2. The maximum absolute atomic E-state index is 11.8. The van der Waals surface area contributed by atoms with Gasteiger partial charge in [0.2, 0.25) is 0 Å². The predicted octanol–water partition coefficient (Wildman–Crippen LogP) is 2.67. The van der Waals surface area contributed by atoms with Crippen LogP contribution in [0.1, 0.15) is 37.8 Å². The summed E-state index contributed by atoms with van der Waals surface area (Å²) < 4.78 is 2.04. The lowest BCUT2D eigenvalue weighted by molar-refractivity contribution is -0.140. The summed E-state index contributed by atoms with van der Waals surface area (Å²) in [6.07, 6.45) is 2.79. The first-order chi connectivity index (χ1) is 14.8. The molecule has 0 bridgehead atoms. The highest BCUT2D eigenvalue weighted by Crippen LogP contribution is 2.26. The largest absolute Gasteiger partial charge is 0.480 e. The zero-order valence-corrected chi connectivity index (χ0v) is 18.2. The molecule has 3 rings (SSSR count). The number of aliphatic hydroxyl groups is 1. The number of pyridine rings is 1. The molecule has 166 valence electrons. The van der Waals surface area contributed by atoms with Crippen molar-refractivity contribution in [1.82, 2.24) is 19.9 Å². The molecule has 1 atom stereocenters. The van der Waals surface area contributed by atoms with Crippen LogP contribution in [0, 0.1) is 12.8 Å². The van der Waals surface area contributed by atoms with Gasteiger partial charge in [0, 0.05) is 37.0 Å². The van der Waals surface area contributed by atoms with Crippen LogP contribution in [0.15, 0.2) is 35.3 Å². The molecule has 2 aromatic heterocycles. The van der Waals surface area contributed by atoms with Crippen molar-refractivity contribution in [3.05, 3.63) is 51.9 Å². The number of fused-ring (bicyclic) bond motifs is 1. The number of hydrogen-bond donors (Lipinski definition) is 4. The van der Waals surface area contributed by atoms with Crippen LogP contribution in [0.4, 0.5) is 0 Å². The zero-order chi connectivity index (χ0) is 22.5. The second-order valence-electron chi connectivity index (χ2n) is 8.29. The summed E-state index contributed by atoms with van der Waals surface area (Å²) in [5.74, 6) is 0.150. The highest BCUT2D eigenvalue weighted by atomic mass is 16.4. The molecule has 8 nitrogen and oxygen atoms in total. The molecule has 0 amide bonds. The van der Waals surface area contributed by atoms with E-state index in [0.717, 1.165) is 28.0 Å². The van der Waals surface area contributed by atoms with Gasteiger partial charge in [-0.05, 0) is 49.4 Å². The van der Waals surface area contributed by atoms with Gasteiger partial charge in [-0.2, -0.15) is 0 Å². The number of aryl methyl sites for hydroxylation is 2. The van der Waals surface area contributed by atoms with Crippen LogP contribution < -0.4 is 10.9 Å². The van der Waals surface area contributed by atoms with E-state index in [1.165, 1.54) is 0 Å². The van der Waals surface area contributed by atoms with E-state index in [1.807, 2.05) is 36.6 Å². The van der Waals surface area contributed by atoms with Crippen molar-refractivity contribution in [3.63, 3.8) is 0 Å². The van der Waals surface area contributed by atoms with E-state index >= 15 is 0 Å². The average molecular weight is 427 g/mol. The van der Waals surface area contributed by atoms with E-state index in [0.29, 0.717) is 31.5 Å². The Morgan fingerprint density at radius 1 is 1.29 bits per heavy atom. The minimum Gasteiger partial charge on any atom is -0.480 e. The lowest BCUT2D eigenvalue weighted by atomic mass is 10.0. The van der Waals surface area contributed by atoms with Crippen LogP contribution in [0.3, 0.4) is 0 Å². The van der Waals surface area contributed by atoms with Crippen LogP contribution >= 0.6 is 0 Å². The third-order valence-corrected chi connectivity index (χ3v) is 5.26. The van der Waals surface area contributed by atoms with Crippen molar-refractivity contribution < 1.29 is 15.0 Å². The number of carboxylic acids is 1. The third-order valence-electron chi connectivity index (χ3n) is 5.26. The number of nitrogens with zero attached hydrogens (tertiary/aromatic N) is 2. The predicted molar refractivity (Wildman–Crippen MR) is 120 cm³/mol. The summed E-state index contributed by atoms with van der Waals surface area (Å²) in [5, 5.41) is 21.9. The molecule has 0 saturated heterocycles. The Morgan fingerprint density at radius 2 is 2.06 bits per heavy atom. The third kappa shape index (κ3) is 5.39. The average Bonchev–Trinajstić information content (AvgIpc) is 3.08. The first-order valence-corrected chi connectivity index (χ1v) is 10.6. The fourth-order valence-corrected chi connectivity index (χ4v) is 3.67. The molecule has 0 aliphatic heterocycles. The van der Waals surface area contributed by atoms with Crippen LogP contribution in [0.2, 0.25) is 0 Å². The van der Waals surface area contributed by atoms with Crippen molar-refractivity contribution in [1.29, 1.82) is 0 Å². The van der Waals surface area contributed by atoms with Crippen LogP contribution in [-0.2, 0) is 17.9 Å². The molecule has 0 radical (unpaired) electrons. The molecule has 0 spiro atoms. The van der Waals surface area contributed by atoms with E-state index in [9.17, 15) is 19.8 Å². The number of hydrogen-bond acceptors (Lipinski definition) is 5. The number of aromatic nitrogens is 3. The molecule has 0 unspecified atom stereocenters. The van der Waals surface area contributed by atoms with Crippen molar-refractivity contribution in [2.24, 2.45) is 5.92 Å². The summed E-state index contributed by atoms with van der Waals surface area (Å²) >= 11 is 0. The minimum absolute atomic E-state index is 0.0677. The maximum atomic E-state index is 11.8. The summed E-state index contributed by atoms with van der Waals surface area (Å²) in [5.41, 5.74) is 3.92. The Balaban J connectivity index is 1.94. The number of benzene rings is 1. The quantitative estimate of drug-likeness (QED) is 0.396. The Bertz CT molecular complexity index is 1120. The fourth-order valence-electron chi connectivity index (χ4n) is 3.67. The Morgan fingerprint density at radius 3 is 2.71 bits per heavy atom. The van der Waals surface area contributed by atoms with Gasteiger partial charge >= 0.3 is 5.97 Å². The SMILES string of the molecule is Cc1cc(-c2nc3cc(CN[C@@H](CC(C)C)C(=O)O)ccc3n2CCCO)c[nH]c1=O. The van der Waals surface area contributed by atoms with Crippen molar-refractivity contribution in [2.45, 2.75) is 52.7 Å². The van der Waals surface area contributed by atoms with Gasteiger partial charge in [-0.1, -0.05) is 19.9 Å². The number of nitrogens with one attached hydrogen (secondary N) is 2. The van der Waals surface area contributed by atoms with E-state index in [4.69, 9.17) is 4.98 Å². The molecule has 8 heteroatoms. The molecular formula is C23H30N4O4. The first kappa shape index (κ1) is 22.7. The minimum atomic E-state index is -0.848. The number of aliphatic carboxylic acids is 1. The molecular weight excluding hydrogens is 396 g/mol. The van der Waals surface area contributed by atoms with E-state index in [1.54, 1.807) is 19.2 Å². The standard InChI is InChI=1S/C23H30N4O4/c1-14(2)9-19(23(30)31)24-12-16-5-6-20-18(11-16)26-21(27(20)7-4-8-28)17-10-15(3)22(29)25-13-17/h5-6,10-11,13-14,19,24,28H,4,7-9,12H2,1-3H3,(H,25,29)(H,30,31)/t19-/m0/s1. The van der Waals surface area contributed by atoms with Gasteiger partial charge < -0.3 is 25.1 Å². The van der Waals surface area contributed by atoms with Gasteiger partial charge in [0.05, 0.1) is 11.0 Å². The molecule has 3 aromatic rings. The van der Waals surface area contributed by atoms with Crippen LogP contribution in [-0.4, -0.2) is 43.4 Å². The number of aliphatic hydroxyl groups excluding tert-OH is 1. The van der Waals surface area contributed by atoms with Gasteiger partial charge in [0.15, 0.2) is 0 Å². The second-order valence-corrected chi connectivity index (χ2v) is 8.29. The van der Waals surface area contributed by atoms with Crippen LogP contribution in [0.25, 0.3) is 22.4 Å². The summed E-state index contributed by atoms with van der Waals surface area (Å²) in [7, 11) is 0. The lowest BCUT2D eigenvalue weighted by Gasteiger charge is -2.16. The molecule has 31 heavy (non-hydrogen) atoms. The van der Waals surface area contributed by atoms with Gasteiger partial charge in [-0.3, -0.25) is 9.59 Å². The topological polar surface area (TPSA) is 120 Å². The Kier molecular flexibility index (Phi) is 7.25. The fraction of sp³-hybridized carbons (Fsp3) is 0.435. The summed E-state index contributed by atoms with van der Waals surface area (Å²) in [6.45, 7) is 6.84. The molecule has 2 heterocycles. The van der Waals surface area contributed by atoms with E-state index in [2.05, 4.69) is 10.3 Å². The molecule has 0 aliphatic rings. The number of carbonyl (C=O) groups is 1. The van der Waals surface area contributed by atoms with Gasteiger partial charge in [-0.15, -0.1) is 0 Å². The van der Waals surface area contributed by atoms with Gasteiger partial charge in [0.25, 0.3) is 5.56 Å². The first-order valence-electron chi connectivity index (χ1n) is 10.6. The smallest absolute Gasteiger partial charge is 0.320 e. The highest BCUT2D eigenvalue weighted by Gasteiger charge is 2.19. The molecule has 4 N–H and O–H groups in total. The van der Waals surface area contributed by atoms with Crippen LogP contribution in [0.5, 0.6) is 0 Å². The second kappa shape index (κ2) is 9.89. The van der Waals surface area contributed by atoms with Gasteiger partial charge in [0.1, 0.15) is 11.9 Å². The van der Waals surface area contributed by atoms with Crippen molar-refractivity contribution in [3.8, 4) is 11.4 Å². The molecule has 1 aromatic carbocycles. The molecule has 0 aliphatic carbocycles. The monoisotopic (exact) mass is 426 g/mol. The molecule has 0 fully saturated rings. The Labute approximate surface area is 181 Å². The lowest BCUT2D eigenvalue weighted by Crippen LogP contribution is -2.37. The van der Waals surface area contributed by atoms with E-state index < -0.39 is 12.0 Å². The summed E-state index contributed by atoms with van der Waals surface area (Å²) in [4.78, 5) is 30.8. The number of H-pyrrole nitrogens is 1. The number of rotatable bonds is 10. The highest BCUT2D eigenvalue weighted by molar-refractivity contribution is 5.81. The number of carboxylic acid groups (broad SMARTS) is 1. The van der Waals surface area contributed by atoms with Crippen molar-refractivity contribution >= 4 is 17.0 Å². The Hall–Kier alpha value is -2.97. The summed E-state index contributed by atoms with van der Waals surface area (Å²) in [6, 6.07) is 7.09. The van der Waals surface area contributed by atoms with Crippen molar-refractivity contribution in [2.75, 3.05) is 6.61 Å². The molecule has 0 saturated carbocycles. The van der Waals surface area contributed by atoms with E-state index in [-0.39, 0.29) is 18.1 Å². The number of imidazole rings is 1. The number of aromatic amines is 1.